The first kappa shape index (κ1) is 6.98. The third-order valence-electron chi connectivity index (χ3n) is 1.63. The van der Waals surface area contributed by atoms with Gasteiger partial charge in [-0.05, 0) is 23.8 Å². The number of rotatable bonds is 1. The molecule has 0 aromatic carbocycles. The Morgan fingerprint density at radius 1 is 1.00 bits per heavy atom. The predicted molar refractivity (Wildman–Crippen MR) is 46.3 cm³/mol. The number of aromatic nitrogens is 2. The highest BCUT2D eigenvalue weighted by atomic mass is 14.6. The maximum absolute atomic E-state index is 3.94. The van der Waals surface area contributed by atoms with Crippen molar-refractivity contribution in [2.24, 2.45) is 0 Å². The van der Waals surface area contributed by atoms with Crippen molar-refractivity contribution in [2.75, 3.05) is 0 Å². The highest BCUT2D eigenvalue weighted by Crippen LogP contribution is 2.15. The largest absolute Gasteiger partial charge is 0.265 e. The van der Waals surface area contributed by atoms with Crippen molar-refractivity contribution in [1.29, 1.82) is 0 Å². The Morgan fingerprint density at radius 2 is 1.83 bits per heavy atom. The number of hydrogen-bond acceptors (Lipinski definition) is 2. The Kier molecular flexibility index (Phi) is 1.82. The van der Waals surface area contributed by atoms with E-state index in [1.165, 1.54) is 0 Å². The van der Waals surface area contributed by atoms with Crippen LogP contribution in [0.4, 0.5) is 0 Å². The summed E-state index contributed by atoms with van der Waals surface area (Å²) < 4.78 is 0. The van der Waals surface area contributed by atoms with Crippen LogP contribution in [-0.2, 0) is 0 Å². The third kappa shape index (κ3) is 1.32. The molecule has 57 valence electrons. The Hall–Kier alpha value is -1.70. The first-order valence-corrected chi connectivity index (χ1v) is 3.69. The van der Waals surface area contributed by atoms with Crippen LogP contribution in [0.5, 0.6) is 0 Å². The van der Waals surface area contributed by atoms with Gasteiger partial charge in [-0.2, -0.15) is 0 Å². The second-order valence-electron chi connectivity index (χ2n) is 2.41. The molecule has 0 aliphatic rings. The second-order valence-corrected chi connectivity index (χ2v) is 2.41. The van der Waals surface area contributed by atoms with E-state index < -0.39 is 0 Å². The minimum Gasteiger partial charge on any atom is -0.265 e. The average Bonchev–Trinajstić information content (AvgIpc) is 2.21. The van der Waals surface area contributed by atoms with Crippen molar-refractivity contribution < 1.29 is 0 Å². The van der Waals surface area contributed by atoms with Gasteiger partial charge in [-0.25, -0.2) is 0 Å². The van der Waals surface area contributed by atoms with Crippen molar-refractivity contribution in [3.63, 3.8) is 0 Å². The Balaban J connectivity index is 2.46. The fourth-order valence-electron chi connectivity index (χ4n) is 1.04. The number of nitrogens with zero attached hydrogens (tertiary/aromatic N) is 2. The van der Waals surface area contributed by atoms with E-state index in [0.717, 1.165) is 11.1 Å². The van der Waals surface area contributed by atoms with Crippen molar-refractivity contribution in [2.45, 2.75) is 0 Å². The van der Waals surface area contributed by atoms with Crippen LogP contribution in [0.3, 0.4) is 0 Å². The summed E-state index contributed by atoms with van der Waals surface area (Å²) in [5, 5.41) is 0. The second kappa shape index (κ2) is 3.13. The molecule has 0 spiro atoms. The maximum atomic E-state index is 3.94. The molecule has 0 bridgehead atoms. The molecule has 2 aromatic heterocycles. The lowest BCUT2D eigenvalue weighted by Crippen LogP contribution is -1.78. The smallest absolute Gasteiger partial charge is 0.0886 e. The molecule has 12 heavy (non-hydrogen) atoms. The molecular weight excluding hydrogens is 148 g/mol. The zero-order valence-corrected chi connectivity index (χ0v) is 6.44. The topological polar surface area (TPSA) is 25.8 Å². The predicted octanol–water partition coefficient (Wildman–Crippen LogP) is 1.94. The van der Waals surface area contributed by atoms with Gasteiger partial charge < -0.3 is 0 Å². The van der Waals surface area contributed by atoms with Crippen LogP contribution in [0.1, 0.15) is 0 Å². The van der Waals surface area contributed by atoms with Gasteiger partial charge in [0.1, 0.15) is 0 Å². The summed E-state index contributed by atoms with van der Waals surface area (Å²) in [7, 11) is 0. The van der Waals surface area contributed by atoms with E-state index in [1.54, 1.807) is 24.7 Å². The lowest BCUT2D eigenvalue weighted by Gasteiger charge is -1.97. The van der Waals surface area contributed by atoms with Gasteiger partial charge in [0.2, 0.25) is 0 Å². The van der Waals surface area contributed by atoms with E-state index in [0.29, 0.717) is 0 Å². The molecule has 2 heterocycles. The fraction of sp³-hybridized carbons (Fsp3) is 0. The summed E-state index contributed by atoms with van der Waals surface area (Å²) in [6.07, 6.45) is 8.06. The zero-order chi connectivity index (χ0) is 8.23. The first-order chi connectivity index (χ1) is 5.97. The van der Waals surface area contributed by atoms with E-state index >= 15 is 0 Å². The molecule has 0 saturated carbocycles. The molecule has 1 radical (unpaired) electrons. The molecule has 2 aromatic rings. The summed E-state index contributed by atoms with van der Waals surface area (Å²) in [5.41, 5.74) is 2.22. The van der Waals surface area contributed by atoms with Crippen molar-refractivity contribution in [3.8, 4) is 11.1 Å². The van der Waals surface area contributed by atoms with Crippen LogP contribution in [-0.4, -0.2) is 9.97 Å². The van der Waals surface area contributed by atoms with E-state index in [2.05, 4.69) is 16.2 Å². The van der Waals surface area contributed by atoms with Gasteiger partial charge >= 0.3 is 0 Å². The van der Waals surface area contributed by atoms with Gasteiger partial charge in [-0.1, -0.05) is 6.07 Å². The van der Waals surface area contributed by atoms with E-state index in [1.807, 2.05) is 18.2 Å². The summed E-state index contributed by atoms with van der Waals surface area (Å²) in [5.74, 6) is 0. The molecule has 2 heteroatoms. The van der Waals surface area contributed by atoms with Gasteiger partial charge in [0.05, 0.1) is 6.20 Å². The summed E-state index contributed by atoms with van der Waals surface area (Å²) in [4.78, 5) is 7.86. The molecule has 2 rings (SSSR count). The van der Waals surface area contributed by atoms with Crippen molar-refractivity contribution in [1.82, 2.24) is 9.97 Å². The summed E-state index contributed by atoms with van der Waals surface area (Å²) in [6.45, 7) is 0. The standard InChI is InChI=1S/C10H7N2/c1-2-10(8-12-5-1)9-3-6-11-7-4-9/h1-4,6-8H. The molecule has 0 N–H and O–H groups in total. The first-order valence-electron chi connectivity index (χ1n) is 3.69. The molecular formula is C10H7N2. The highest BCUT2D eigenvalue weighted by molar-refractivity contribution is 5.60. The van der Waals surface area contributed by atoms with Crippen LogP contribution >= 0.6 is 0 Å². The minimum absolute atomic E-state index is 1.09. The normalized spacial score (nSPS) is 9.67. The zero-order valence-electron chi connectivity index (χ0n) is 6.44. The third-order valence-corrected chi connectivity index (χ3v) is 1.63. The van der Waals surface area contributed by atoms with Crippen LogP contribution in [0, 0.1) is 6.20 Å². The van der Waals surface area contributed by atoms with Crippen LogP contribution in [0.25, 0.3) is 11.1 Å². The Morgan fingerprint density at radius 3 is 2.50 bits per heavy atom. The molecule has 2 nitrogen and oxygen atoms in total. The van der Waals surface area contributed by atoms with Crippen LogP contribution in [0.15, 0.2) is 42.9 Å². The molecule has 0 amide bonds. The molecule has 0 unspecified atom stereocenters. The monoisotopic (exact) mass is 155 g/mol. The van der Waals surface area contributed by atoms with Crippen molar-refractivity contribution in [3.05, 3.63) is 49.1 Å². The van der Waals surface area contributed by atoms with Crippen LogP contribution < -0.4 is 0 Å². The van der Waals surface area contributed by atoms with Gasteiger partial charge in [-0.15, -0.1) is 0 Å². The van der Waals surface area contributed by atoms with Gasteiger partial charge in [0.15, 0.2) is 0 Å². The van der Waals surface area contributed by atoms with E-state index in [4.69, 9.17) is 0 Å². The van der Waals surface area contributed by atoms with Crippen LogP contribution in [0.2, 0.25) is 0 Å². The molecule has 0 fully saturated rings. The Labute approximate surface area is 70.9 Å². The highest BCUT2D eigenvalue weighted by Gasteiger charge is 1.93. The van der Waals surface area contributed by atoms with Crippen molar-refractivity contribution >= 4 is 0 Å². The van der Waals surface area contributed by atoms with Gasteiger partial charge in [0, 0.05) is 24.2 Å². The SMILES string of the molecule is [c]1ccc(-c2ccncc2)cn1. The quantitative estimate of drug-likeness (QED) is 0.629. The molecule has 0 aliphatic carbocycles. The van der Waals surface area contributed by atoms with Gasteiger partial charge in [-0.3, -0.25) is 9.97 Å². The molecule has 0 aliphatic heterocycles. The molecule has 0 atom stereocenters. The van der Waals surface area contributed by atoms with Gasteiger partial charge in [0.25, 0.3) is 0 Å². The summed E-state index contributed by atoms with van der Waals surface area (Å²) in [6, 6.07) is 7.69. The molecule has 0 saturated heterocycles. The van der Waals surface area contributed by atoms with E-state index in [-0.39, 0.29) is 0 Å². The minimum atomic E-state index is 1.09. The summed E-state index contributed by atoms with van der Waals surface area (Å²) >= 11 is 0. The lowest BCUT2D eigenvalue weighted by atomic mass is 10.1. The Bertz CT molecular complexity index is 305. The van der Waals surface area contributed by atoms with E-state index in [9.17, 15) is 0 Å². The fourth-order valence-corrected chi connectivity index (χ4v) is 1.04. The number of hydrogen-bond donors (Lipinski definition) is 0. The maximum Gasteiger partial charge on any atom is 0.0886 e. The number of pyridine rings is 2. The average molecular weight is 155 g/mol. The lowest BCUT2D eigenvalue weighted by molar-refractivity contribution is 1.29.